The fourth-order valence-corrected chi connectivity index (χ4v) is 3.11. The number of fused-ring (bicyclic) bond motifs is 1. The van der Waals surface area contributed by atoms with E-state index in [0.717, 1.165) is 25.3 Å². The Morgan fingerprint density at radius 3 is 2.68 bits per heavy atom. The minimum atomic E-state index is 0.408. The molecule has 0 aromatic carbocycles. The highest BCUT2D eigenvalue weighted by molar-refractivity contribution is 5.73. The van der Waals surface area contributed by atoms with E-state index in [1.165, 1.54) is 32.4 Å². The summed E-state index contributed by atoms with van der Waals surface area (Å²) in [6, 6.07) is 0. The van der Waals surface area contributed by atoms with Crippen LogP contribution in [-0.4, -0.2) is 78.7 Å². The second-order valence-electron chi connectivity index (χ2n) is 6.40. The SMILES string of the molecule is COCCNc1nc2nonc2nc1N(C)CCCN1CCCCC1. The molecule has 2 aromatic rings. The van der Waals surface area contributed by atoms with E-state index in [1.54, 1.807) is 7.11 Å². The van der Waals surface area contributed by atoms with E-state index in [1.807, 2.05) is 7.05 Å². The normalized spacial score (nSPS) is 15.6. The molecule has 1 saturated heterocycles. The summed E-state index contributed by atoms with van der Waals surface area (Å²) < 4.78 is 9.83. The van der Waals surface area contributed by atoms with Crippen LogP contribution in [0.25, 0.3) is 11.3 Å². The molecular formula is C16H27N7O2. The maximum absolute atomic E-state index is 5.09. The molecule has 1 N–H and O–H groups in total. The Morgan fingerprint density at radius 2 is 1.92 bits per heavy atom. The molecule has 9 heteroatoms. The standard InChI is InChI=1S/C16H27N7O2/c1-22(8-6-11-23-9-4-3-5-10-23)16-15(17-7-12-24-2)18-13-14(19-16)21-25-20-13/h3-12H2,1-2H3,(H,17,18,20). The quantitative estimate of drug-likeness (QED) is 0.674. The molecule has 0 amide bonds. The number of hydrogen-bond donors (Lipinski definition) is 1. The Bertz CT molecular complexity index is 657. The first kappa shape index (κ1) is 17.8. The van der Waals surface area contributed by atoms with E-state index in [2.05, 4.69) is 35.4 Å². The first-order valence-corrected chi connectivity index (χ1v) is 8.94. The van der Waals surface area contributed by atoms with E-state index >= 15 is 0 Å². The monoisotopic (exact) mass is 349 g/mol. The van der Waals surface area contributed by atoms with Crippen LogP contribution in [0.2, 0.25) is 0 Å². The second-order valence-corrected chi connectivity index (χ2v) is 6.40. The van der Waals surface area contributed by atoms with Crippen molar-refractivity contribution in [3.63, 3.8) is 0 Å². The van der Waals surface area contributed by atoms with Gasteiger partial charge in [-0.1, -0.05) is 6.42 Å². The van der Waals surface area contributed by atoms with Crippen molar-refractivity contribution in [1.29, 1.82) is 0 Å². The molecule has 1 aliphatic rings. The Hall–Kier alpha value is -2.00. The zero-order chi connectivity index (χ0) is 17.5. The van der Waals surface area contributed by atoms with Gasteiger partial charge in [0.2, 0.25) is 11.3 Å². The lowest BCUT2D eigenvalue weighted by Crippen LogP contribution is -2.33. The van der Waals surface area contributed by atoms with Crippen molar-refractivity contribution in [2.75, 3.05) is 63.7 Å². The molecule has 0 atom stereocenters. The van der Waals surface area contributed by atoms with Gasteiger partial charge < -0.3 is 19.9 Å². The van der Waals surface area contributed by atoms with Crippen molar-refractivity contribution in [3.8, 4) is 0 Å². The minimum Gasteiger partial charge on any atom is -0.383 e. The number of hydrogen-bond acceptors (Lipinski definition) is 9. The maximum Gasteiger partial charge on any atom is 0.245 e. The summed E-state index contributed by atoms with van der Waals surface area (Å²) in [6.07, 6.45) is 5.11. The maximum atomic E-state index is 5.09. The van der Waals surface area contributed by atoms with Crippen LogP contribution in [0.15, 0.2) is 4.63 Å². The first-order valence-electron chi connectivity index (χ1n) is 8.94. The van der Waals surface area contributed by atoms with Crippen LogP contribution in [0.4, 0.5) is 11.6 Å². The summed E-state index contributed by atoms with van der Waals surface area (Å²) in [5.41, 5.74) is 0.834. The van der Waals surface area contributed by atoms with Gasteiger partial charge in [0.05, 0.1) is 6.61 Å². The summed E-state index contributed by atoms with van der Waals surface area (Å²) in [4.78, 5) is 13.7. The first-order chi connectivity index (χ1) is 12.3. The number of ether oxygens (including phenoxy) is 1. The highest BCUT2D eigenvalue weighted by Crippen LogP contribution is 2.23. The van der Waals surface area contributed by atoms with Gasteiger partial charge in [-0.15, -0.1) is 0 Å². The molecule has 3 rings (SSSR count). The van der Waals surface area contributed by atoms with E-state index in [9.17, 15) is 0 Å². The average Bonchev–Trinajstić information content (AvgIpc) is 3.09. The van der Waals surface area contributed by atoms with Gasteiger partial charge in [-0.05, 0) is 49.2 Å². The van der Waals surface area contributed by atoms with Crippen LogP contribution in [-0.2, 0) is 4.74 Å². The zero-order valence-corrected chi connectivity index (χ0v) is 15.1. The third-order valence-corrected chi connectivity index (χ3v) is 4.47. The van der Waals surface area contributed by atoms with Gasteiger partial charge in [-0.2, -0.15) is 0 Å². The Balaban J connectivity index is 1.63. The predicted octanol–water partition coefficient (Wildman–Crippen LogP) is 1.38. The van der Waals surface area contributed by atoms with Gasteiger partial charge in [0, 0.05) is 27.2 Å². The second kappa shape index (κ2) is 8.91. The highest BCUT2D eigenvalue weighted by atomic mass is 16.6. The summed E-state index contributed by atoms with van der Waals surface area (Å²) in [5.74, 6) is 1.44. The molecule has 0 spiro atoms. The molecule has 0 radical (unpaired) electrons. The molecule has 2 aromatic heterocycles. The molecule has 0 aliphatic carbocycles. The van der Waals surface area contributed by atoms with Crippen molar-refractivity contribution in [2.24, 2.45) is 0 Å². The number of likely N-dealkylation sites (tertiary alicyclic amines) is 1. The third kappa shape index (κ3) is 4.76. The van der Waals surface area contributed by atoms with E-state index < -0.39 is 0 Å². The largest absolute Gasteiger partial charge is 0.383 e. The van der Waals surface area contributed by atoms with Gasteiger partial charge in [0.25, 0.3) is 0 Å². The number of nitrogens with zero attached hydrogens (tertiary/aromatic N) is 6. The van der Waals surface area contributed by atoms with Gasteiger partial charge in [0.1, 0.15) is 0 Å². The molecule has 9 nitrogen and oxygen atoms in total. The molecule has 3 heterocycles. The number of aromatic nitrogens is 4. The molecule has 0 unspecified atom stereocenters. The van der Waals surface area contributed by atoms with Gasteiger partial charge in [-0.25, -0.2) is 14.6 Å². The number of nitrogens with one attached hydrogen (secondary N) is 1. The topological polar surface area (TPSA) is 92.4 Å². The third-order valence-electron chi connectivity index (χ3n) is 4.47. The summed E-state index contributed by atoms with van der Waals surface area (Å²) in [6.45, 7) is 5.72. The molecule has 1 fully saturated rings. The number of methoxy groups -OCH3 is 1. The molecular weight excluding hydrogens is 322 g/mol. The summed E-state index contributed by atoms with van der Waals surface area (Å²) >= 11 is 0. The van der Waals surface area contributed by atoms with Crippen molar-refractivity contribution in [3.05, 3.63) is 0 Å². The Labute approximate surface area is 147 Å². The molecule has 25 heavy (non-hydrogen) atoms. The number of anilines is 2. The Kier molecular flexibility index (Phi) is 6.35. The molecule has 138 valence electrons. The van der Waals surface area contributed by atoms with Gasteiger partial charge >= 0.3 is 0 Å². The van der Waals surface area contributed by atoms with Crippen molar-refractivity contribution in [2.45, 2.75) is 25.7 Å². The van der Waals surface area contributed by atoms with Crippen LogP contribution in [0, 0.1) is 0 Å². The molecule has 1 aliphatic heterocycles. The minimum absolute atomic E-state index is 0.408. The van der Waals surface area contributed by atoms with Gasteiger partial charge in [-0.3, -0.25) is 0 Å². The lowest BCUT2D eigenvalue weighted by Gasteiger charge is -2.27. The van der Waals surface area contributed by atoms with E-state index in [0.29, 0.717) is 30.3 Å². The van der Waals surface area contributed by atoms with E-state index in [-0.39, 0.29) is 0 Å². The number of rotatable bonds is 9. The van der Waals surface area contributed by atoms with E-state index in [4.69, 9.17) is 9.37 Å². The van der Waals surface area contributed by atoms with Crippen LogP contribution in [0.3, 0.4) is 0 Å². The lowest BCUT2D eigenvalue weighted by atomic mass is 10.1. The van der Waals surface area contributed by atoms with Crippen LogP contribution in [0.5, 0.6) is 0 Å². The number of piperidine rings is 1. The lowest BCUT2D eigenvalue weighted by molar-refractivity contribution is 0.210. The fraction of sp³-hybridized carbons (Fsp3) is 0.750. The van der Waals surface area contributed by atoms with Crippen LogP contribution >= 0.6 is 0 Å². The summed E-state index contributed by atoms with van der Waals surface area (Å²) in [7, 11) is 3.70. The smallest absolute Gasteiger partial charge is 0.245 e. The van der Waals surface area contributed by atoms with Crippen molar-refractivity contribution >= 4 is 22.9 Å². The van der Waals surface area contributed by atoms with Crippen molar-refractivity contribution < 1.29 is 9.37 Å². The molecule has 0 bridgehead atoms. The highest BCUT2D eigenvalue weighted by Gasteiger charge is 2.16. The van der Waals surface area contributed by atoms with Gasteiger partial charge in [0.15, 0.2) is 11.6 Å². The average molecular weight is 349 g/mol. The molecule has 0 saturated carbocycles. The van der Waals surface area contributed by atoms with Crippen LogP contribution < -0.4 is 10.2 Å². The van der Waals surface area contributed by atoms with Crippen LogP contribution in [0.1, 0.15) is 25.7 Å². The summed E-state index contributed by atoms with van der Waals surface area (Å²) in [5, 5.41) is 10.8. The predicted molar refractivity (Wildman–Crippen MR) is 95.9 cm³/mol. The van der Waals surface area contributed by atoms with Crippen molar-refractivity contribution in [1.82, 2.24) is 25.2 Å². The Morgan fingerprint density at radius 1 is 1.16 bits per heavy atom. The fourth-order valence-electron chi connectivity index (χ4n) is 3.11. The zero-order valence-electron chi connectivity index (χ0n) is 15.1.